The standard InChI is InChI=1S/C14H7BrClF3N2/c15-7-1-3-9(10(5-7)14(17,18)19)13-20-11-4-2-8(16)6-12(11)21-13/h1-6H,(H,20,21). The number of imidazole rings is 1. The zero-order valence-electron chi connectivity index (χ0n) is 10.3. The van der Waals surface area contributed by atoms with Crippen molar-refractivity contribution < 1.29 is 13.2 Å². The Bertz CT molecular complexity index is 827. The van der Waals surface area contributed by atoms with E-state index in [4.69, 9.17) is 11.6 Å². The molecule has 0 radical (unpaired) electrons. The number of H-pyrrole nitrogens is 1. The average molecular weight is 376 g/mol. The van der Waals surface area contributed by atoms with Crippen LogP contribution < -0.4 is 0 Å². The predicted molar refractivity (Wildman–Crippen MR) is 79.2 cm³/mol. The van der Waals surface area contributed by atoms with Crippen molar-refractivity contribution in [3.63, 3.8) is 0 Å². The molecule has 108 valence electrons. The molecule has 2 nitrogen and oxygen atoms in total. The van der Waals surface area contributed by atoms with Gasteiger partial charge in [-0.1, -0.05) is 27.5 Å². The van der Waals surface area contributed by atoms with Gasteiger partial charge in [0.1, 0.15) is 5.82 Å². The van der Waals surface area contributed by atoms with Gasteiger partial charge in [0, 0.05) is 15.1 Å². The van der Waals surface area contributed by atoms with Crippen molar-refractivity contribution in [1.29, 1.82) is 0 Å². The molecule has 0 atom stereocenters. The molecule has 21 heavy (non-hydrogen) atoms. The molecular formula is C14H7BrClF3N2. The topological polar surface area (TPSA) is 28.7 Å². The lowest BCUT2D eigenvalue weighted by Gasteiger charge is -2.11. The molecule has 1 heterocycles. The quantitative estimate of drug-likeness (QED) is 0.584. The van der Waals surface area contributed by atoms with Crippen LogP contribution in [0.3, 0.4) is 0 Å². The summed E-state index contributed by atoms with van der Waals surface area (Å²) in [5, 5.41) is 0.490. The number of nitrogens with zero attached hydrogens (tertiary/aromatic N) is 1. The highest BCUT2D eigenvalue weighted by molar-refractivity contribution is 9.10. The third-order valence-corrected chi connectivity index (χ3v) is 3.71. The molecule has 0 saturated carbocycles. The molecule has 0 unspecified atom stereocenters. The van der Waals surface area contributed by atoms with Crippen molar-refractivity contribution in [1.82, 2.24) is 9.97 Å². The molecule has 1 N–H and O–H groups in total. The Kier molecular flexibility index (Phi) is 3.45. The first kappa shape index (κ1) is 14.4. The van der Waals surface area contributed by atoms with Crippen molar-refractivity contribution >= 4 is 38.6 Å². The van der Waals surface area contributed by atoms with Gasteiger partial charge in [0.15, 0.2) is 0 Å². The number of aromatic nitrogens is 2. The molecule has 0 fully saturated rings. The molecule has 3 aromatic rings. The molecule has 0 aliphatic carbocycles. The number of alkyl halides is 3. The number of benzene rings is 2. The molecule has 0 amide bonds. The van der Waals surface area contributed by atoms with Crippen LogP contribution in [0.15, 0.2) is 40.9 Å². The van der Waals surface area contributed by atoms with Gasteiger partial charge in [0.05, 0.1) is 16.6 Å². The molecule has 0 aliphatic heterocycles. The summed E-state index contributed by atoms with van der Waals surface area (Å²) < 4.78 is 39.8. The first-order valence-electron chi connectivity index (χ1n) is 5.87. The summed E-state index contributed by atoms with van der Waals surface area (Å²) in [6.45, 7) is 0. The van der Waals surface area contributed by atoms with E-state index in [1.54, 1.807) is 24.3 Å². The second-order valence-electron chi connectivity index (χ2n) is 4.43. The Morgan fingerprint density at radius 2 is 1.86 bits per heavy atom. The third-order valence-electron chi connectivity index (χ3n) is 2.99. The first-order valence-corrected chi connectivity index (χ1v) is 7.04. The maximum absolute atomic E-state index is 13.2. The Hall–Kier alpha value is -1.53. The highest BCUT2D eigenvalue weighted by Crippen LogP contribution is 2.38. The molecule has 0 bridgehead atoms. The van der Waals surface area contributed by atoms with E-state index in [1.807, 2.05) is 0 Å². The summed E-state index contributed by atoms with van der Waals surface area (Å²) in [6, 6.07) is 8.89. The summed E-state index contributed by atoms with van der Waals surface area (Å²) >= 11 is 8.92. The molecular weight excluding hydrogens is 369 g/mol. The molecule has 0 aliphatic rings. The van der Waals surface area contributed by atoms with Crippen molar-refractivity contribution in [3.05, 3.63) is 51.5 Å². The summed E-state index contributed by atoms with van der Waals surface area (Å²) in [7, 11) is 0. The van der Waals surface area contributed by atoms with Crippen molar-refractivity contribution in [2.75, 3.05) is 0 Å². The number of hydrogen-bond donors (Lipinski definition) is 1. The van der Waals surface area contributed by atoms with Gasteiger partial charge in [-0.2, -0.15) is 13.2 Å². The van der Waals surface area contributed by atoms with E-state index in [2.05, 4.69) is 25.9 Å². The van der Waals surface area contributed by atoms with E-state index in [9.17, 15) is 13.2 Å². The van der Waals surface area contributed by atoms with Gasteiger partial charge < -0.3 is 4.98 Å². The smallest absolute Gasteiger partial charge is 0.338 e. The number of aromatic amines is 1. The van der Waals surface area contributed by atoms with Crippen LogP contribution in [0.4, 0.5) is 13.2 Å². The summed E-state index contributed by atoms with van der Waals surface area (Å²) in [5.74, 6) is 0.159. The Morgan fingerprint density at radius 1 is 1.10 bits per heavy atom. The van der Waals surface area contributed by atoms with Crippen LogP contribution in [0.5, 0.6) is 0 Å². The SMILES string of the molecule is FC(F)(F)c1cc(Br)ccc1-c1nc2ccc(Cl)cc2[nH]1. The van der Waals surface area contributed by atoms with E-state index in [0.717, 1.165) is 6.07 Å². The van der Waals surface area contributed by atoms with Gasteiger partial charge in [-0.3, -0.25) is 0 Å². The number of nitrogens with one attached hydrogen (secondary N) is 1. The lowest BCUT2D eigenvalue weighted by atomic mass is 10.1. The van der Waals surface area contributed by atoms with Gasteiger partial charge in [-0.15, -0.1) is 0 Å². The van der Waals surface area contributed by atoms with Crippen molar-refractivity contribution in [3.8, 4) is 11.4 Å². The summed E-state index contributed by atoms with van der Waals surface area (Å²) in [6.07, 6.45) is -4.46. The minimum absolute atomic E-state index is 0.00183. The fraction of sp³-hybridized carbons (Fsp3) is 0.0714. The molecule has 1 aromatic heterocycles. The zero-order valence-corrected chi connectivity index (χ0v) is 12.6. The lowest BCUT2D eigenvalue weighted by Crippen LogP contribution is -2.07. The first-order chi connectivity index (χ1) is 9.84. The van der Waals surface area contributed by atoms with Crippen LogP contribution in [0.2, 0.25) is 5.02 Å². The van der Waals surface area contributed by atoms with Crippen LogP contribution >= 0.6 is 27.5 Å². The highest BCUT2D eigenvalue weighted by Gasteiger charge is 2.34. The number of rotatable bonds is 1. The molecule has 3 rings (SSSR count). The second kappa shape index (κ2) is 5.03. The van der Waals surface area contributed by atoms with Gasteiger partial charge >= 0.3 is 6.18 Å². The van der Waals surface area contributed by atoms with Crippen molar-refractivity contribution in [2.24, 2.45) is 0 Å². The highest BCUT2D eigenvalue weighted by atomic mass is 79.9. The fourth-order valence-corrected chi connectivity index (χ4v) is 2.60. The van der Waals surface area contributed by atoms with Gasteiger partial charge in [-0.25, -0.2) is 4.98 Å². The van der Waals surface area contributed by atoms with E-state index in [1.165, 1.54) is 6.07 Å². The predicted octanol–water partition coefficient (Wildman–Crippen LogP) is 5.66. The normalized spacial score (nSPS) is 12.0. The van der Waals surface area contributed by atoms with Crippen LogP contribution in [0.1, 0.15) is 5.56 Å². The van der Waals surface area contributed by atoms with E-state index < -0.39 is 11.7 Å². The van der Waals surface area contributed by atoms with Crippen LogP contribution in [-0.4, -0.2) is 9.97 Å². The van der Waals surface area contributed by atoms with Crippen LogP contribution in [0, 0.1) is 0 Å². The minimum Gasteiger partial charge on any atom is -0.338 e. The average Bonchev–Trinajstić information content (AvgIpc) is 2.80. The monoisotopic (exact) mass is 374 g/mol. The van der Waals surface area contributed by atoms with E-state index in [-0.39, 0.29) is 11.4 Å². The Balaban J connectivity index is 2.22. The third kappa shape index (κ3) is 2.78. The maximum atomic E-state index is 13.2. The van der Waals surface area contributed by atoms with Crippen LogP contribution in [0.25, 0.3) is 22.4 Å². The number of hydrogen-bond acceptors (Lipinski definition) is 1. The van der Waals surface area contributed by atoms with Crippen LogP contribution in [-0.2, 0) is 6.18 Å². The Labute approximate surface area is 131 Å². The summed E-state index contributed by atoms with van der Waals surface area (Å²) in [5.41, 5.74) is 0.402. The molecule has 0 saturated heterocycles. The summed E-state index contributed by atoms with van der Waals surface area (Å²) in [4.78, 5) is 7.07. The fourth-order valence-electron chi connectivity index (χ4n) is 2.07. The molecule has 7 heteroatoms. The largest absolute Gasteiger partial charge is 0.417 e. The zero-order chi connectivity index (χ0) is 15.2. The number of fused-ring (bicyclic) bond motifs is 1. The van der Waals surface area contributed by atoms with Gasteiger partial charge in [0.2, 0.25) is 0 Å². The van der Waals surface area contributed by atoms with Crippen molar-refractivity contribution in [2.45, 2.75) is 6.18 Å². The molecule has 2 aromatic carbocycles. The van der Waals surface area contributed by atoms with Gasteiger partial charge in [-0.05, 0) is 36.4 Å². The van der Waals surface area contributed by atoms with Gasteiger partial charge in [0.25, 0.3) is 0 Å². The Morgan fingerprint density at radius 3 is 2.57 bits per heavy atom. The van der Waals surface area contributed by atoms with E-state index in [0.29, 0.717) is 20.5 Å². The number of halogens is 5. The van der Waals surface area contributed by atoms with E-state index >= 15 is 0 Å². The maximum Gasteiger partial charge on any atom is 0.417 e. The second-order valence-corrected chi connectivity index (χ2v) is 5.79. The molecule has 0 spiro atoms. The lowest BCUT2D eigenvalue weighted by molar-refractivity contribution is -0.137. The minimum atomic E-state index is -4.46.